The van der Waals surface area contributed by atoms with Crippen LogP contribution in [0.5, 0.6) is 0 Å². The van der Waals surface area contributed by atoms with Gasteiger partial charge in [0, 0.05) is 21.9 Å². The van der Waals surface area contributed by atoms with Crippen molar-refractivity contribution in [3.05, 3.63) is 10.4 Å². The second kappa shape index (κ2) is 6.82. The Hall–Kier alpha value is -0.830. The number of nitrogens with zero attached hydrogens (tertiary/aromatic N) is 2. The topological polar surface area (TPSA) is 78.1 Å². The van der Waals surface area contributed by atoms with E-state index in [0.29, 0.717) is 11.9 Å². The van der Waals surface area contributed by atoms with Gasteiger partial charge in [-0.1, -0.05) is 37.4 Å². The number of nitrogens with two attached hydrogens (primary N) is 1. The Balaban J connectivity index is 2.11. The zero-order chi connectivity index (χ0) is 17.5. The fraction of sp³-hybridized carbons (Fsp3) is 0.562. The molecule has 5 nitrogen and oxygen atoms in total. The van der Waals surface area contributed by atoms with Gasteiger partial charge in [0.25, 0.3) is 0 Å². The number of rotatable bonds is 5. The molecular formula is C16H21N3O2S3. The summed E-state index contributed by atoms with van der Waals surface area (Å²) in [6, 6.07) is 0. The van der Waals surface area contributed by atoms with Gasteiger partial charge in [-0.15, -0.1) is 11.3 Å². The standard InChI is InChI=1S/C16H21N3O2S3/c1-8(2)23-15-18-13(22-7-11(17)20)12-9-5-16(3,4)21-6-10(9)24-14(12)19-15/h8H,5-7H2,1-4H3,(H2,17,20). The molecule has 1 aliphatic rings. The van der Waals surface area contributed by atoms with E-state index in [9.17, 15) is 4.79 Å². The molecule has 0 spiro atoms. The van der Waals surface area contributed by atoms with Crippen LogP contribution >= 0.6 is 34.9 Å². The van der Waals surface area contributed by atoms with Crippen LogP contribution in [0.15, 0.2) is 10.2 Å². The number of hydrogen-bond donors (Lipinski definition) is 1. The summed E-state index contributed by atoms with van der Waals surface area (Å²) in [7, 11) is 0. The third-order valence-electron chi connectivity index (χ3n) is 3.57. The molecule has 0 saturated heterocycles. The summed E-state index contributed by atoms with van der Waals surface area (Å²) >= 11 is 4.71. The van der Waals surface area contributed by atoms with E-state index in [0.717, 1.165) is 26.8 Å². The molecule has 0 aliphatic carbocycles. The van der Waals surface area contributed by atoms with Crippen molar-refractivity contribution in [2.45, 2.75) is 61.8 Å². The van der Waals surface area contributed by atoms with Crippen LogP contribution in [0, 0.1) is 0 Å². The normalized spacial score (nSPS) is 16.5. The maximum Gasteiger partial charge on any atom is 0.227 e. The van der Waals surface area contributed by atoms with Crippen molar-refractivity contribution in [1.82, 2.24) is 9.97 Å². The van der Waals surface area contributed by atoms with E-state index in [2.05, 4.69) is 27.7 Å². The van der Waals surface area contributed by atoms with E-state index in [1.165, 1.54) is 22.2 Å². The summed E-state index contributed by atoms with van der Waals surface area (Å²) in [4.78, 5) is 22.9. The number of aromatic nitrogens is 2. The molecule has 0 bridgehead atoms. The van der Waals surface area contributed by atoms with Crippen LogP contribution in [-0.2, 0) is 22.6 Å². The van der Waals surface area contributed by atoms with Crippen molar-refractivity contribution in [2.24, 2.45) is 5.73 Å². The summed E-state index contributed by atoms with van der Waals surface area (Å²) in [6.45, 7) is 9.03. The van der Waals surface area contributed by atoms with Gasteiger partial charge < -0.3 is 10.5 Å². The highest BCUT2D eigenvalue weighted by atomic mass is 32.2. The molecular weight excluding hydrogens is 362 g/mol. The summed E-state index contributed by atoms with van der Waals surface area (Å²) in [5, 5.41) is 3.08. The monoisotopic (exact) mass is 383 g/mol. The molecule has 0 unspecified atom stereocenters. The Kier molecular flexibility index (Phi) is 5.11. The Bertz CT molecular complexity index is 786. The second-order valence-corrected chi connectivity index (χ2v) is 10.2. The van der Waals surface area contributed by atoms with E-state index in [-0.39, 0.29) is 17.3 Å². The van der Waals surface area contributed by atoms with Gasteiger partial charge in [0.2, 0.25) is 5.91 Å². The Morgan fingerprint density at radius 1 is 1.42 bits per heavy atom. The smallest absolute Gasteiger partial charge is 0.227 e. The van der Waals surface area contributed by atoms with Gasteiger partial charge in [-0.05, 0) is 19.4 Å². The fourth-order valence-electron chi connectivity index (χ4n) is 2.60. The minimum absolute atomic E-state index is 0.196. The minimum atomic E-state index is -0.336. The maximum absolute atomic E-state index is 11.2. The van der Waals surface area contributed by atoms with Crippen LogP contribution in [0.25, 0.3) is 10.2 Å². The van der Waals surface area contributed by atoms with Crippen LogP contribution in [0.1, 0.15) is 38.1 Å². The number of carbonyl (C=O) groups excluding carboxylic acids is 1. The van der Waals surface area contributed by atoms with Crippen molar-refractivity contribution in [3.63, 3.8) is 0 Å². The Labute approximate surface area is 154 Å². The minimum Gasteiger partial charge on any atom is -0.370 e. The summed E-state index contributed by atoms with van der Waals surface area (Å²) in [5.74, 6) is -0.111. The second-order valence-electron chi connectivity index (χ2n) is 6.64. The first-order valence-electron chi connectivity index (χ1n) is 7.79. The molecule has 2 aromatic heterocycles. The lowest BCUT2D eigenvalue weighted by atomic mass is 9.95. The molecule has 1 aliphatic heterocycles. The first-order valence-corrected chi connectivity index (χ1v) is 10.5. The largest absolute Gasteiger partial charge is 0.370 e. The number of amides is 1. The van der Waals surface area contributed by atoms with E-state index in [4.69, 9.17) is 20.4 Å². The van der Waals surface area contributed by atoms with Gasteiger partial charge >= 0.3 is 0 Å². The molecule has 1 amide bonds. The zero-order valence-electron chi connectivity index (χ0n) is 14.2. The highest BCUT2D eigenvalue weighted by Crippen LogP contribution is 2.42. The van der Waals surface area contributed by atoms with Crippen LogP contribution in [-0.4, -0.2) is 32.5 Å². The molecule has 0 saturated carbocycles. The van der Waals surface area contributed by atoms with E-state index >= 15 is 0 Å². The molecule has 130 valence electrons. The lowest BCUT2D eigenvalue weighted by Crippen LogP contribution is -2.31. The number of hydrogen-bond acceptors (Lipinski definition) is 7. The van der Waals surface area contributed by atoms with Crippen LogP contribution < -0.4 is 5.73 Å². The van der Waals surface area contributed by atoms with E-state index in [1.54, 1.807) is 23.1 Å². The van der Waals surface area contributed by atoms with Crippen molar-refractivity contribution in [3.8, 4) is 0 Å². The molecule has 0 atom stereocenters. The van der Waals surface area contributed by atoms with Gasteiger partial charge in [-0.2, -0.15) is 0 Å². The number of carbonyl (C=O) groups is 1. The summed E-state index contributed by atoms with van der Waals surface area (Å²) < 4.78 is 5.93. The molecule has 2 N–H and O–H groups in total. The van der Waals surface area contributed by atoms with Crippen LogP contribution in [0.3, 0.4) is 0 Å². The van der Waals surface area contributed by atoms with Crippen molar-refractivity contribution < 1.29 is 9.53 Å². The third kappa shape index (κ3) is 3.87. The molecule has 0 radical (unpaired) electrons. The molecule has 8 heteroatoms. The fourth-order valence-corrected chi connectivity index (χ4v) is 5.39. The van der Waals surface area contributed by atoms with Gasteiger partial charge in [-0.25, -0.2) is 9.97 Å². The molecule has 2 aromatic rings. The lowest BCUT2D eigenvalue weighted by molar-refractivity contribution is -0.115. The highest BCUT2D eigenvalue weighted by Gasteiger charge is 2.31. The first-order chi connectivity index (χ1) is 11.2. The first kappa shape index (κ1) is 18.0. The molecule has 24 heavy (non-hydrogen) atoms. The molecule has 3 heterocycles. The SMILES string of the molecule is CC(C)Sc1nc(SCC(N)=O)c2c3c(sc2n1)COC(C)(C)C3. The zero-order valence-corrected chi connectivity index (χ0v) is 16.7. The van der Waals surface area contributed by atoms with Gasteiger partial charge in [0.15, 0.2) is 5.16 Å². The average molecular weight is 384 g/mol. The predicted octanol–water partition coefficient (Wildman–Crippen LogP) is 3.62. The van der Waals surface area contributed by atoms with E-state index < -0.39 is 0 Å². The number of fused-ring (bicyclic) bond motifs is 3. The molecule has 0 aromatic carbocycles. The van der Waals surface area contributed by atoms with Crippen molar-refractivity contribution in [2.75, 3.05) is 5.75 Å². The maximum atomic E-state index is 11.2. The van der Waals surface area contributed by atoms with E-state index in [1.807, 2.05) is 0 Å². The summed E-state index contributed by atoms with van der Waals surface area (Å²) in [6.07, 6.45) is 0.826. The quantitative estimate of drug-likeness (QED) is 0.483. The third-order valence-corrected chi connectivity index (χ3v) is 6.53. The predicted molar refractivity (Wildman–Crippen MR) is 101 cm³/mol. The van der Waals surface area contributed by atoms with Gasteiger partial charge in [0.05, 0.1) is 18.0 Å². The lowest BCUT2D eigenvalue weighted by Gasteiger charge is -2.30. The van der Waals surface area contributed by atoms with Crippen molar-refractivity contribution >= 4 is 51.0 Å². The average Bonchev–Trinajstić information content (AvgIpc) is 2.80. The summed E-state index contributed by atoms with van der Waals surface area (Å²) in [5.41, 5.74) is 6.40. The number of thiophene rings is 1. The van der Waals surface area contributed by atoms with Crippen molar-refractivity contribution in [1.29, 1.82) is 0 Å². The van der Waals surface area contributed by atoms with Crippen LogP contribution in [0.2, 0.25) is 0 Å². The number of thioether (sulfide) groups is 2. The molecule has 0 fully saturated rings. The molecule has 3 rings (SSSR count). The highest BCUT2D eigenvalue weighted by molar-refractivity contribution is 8.00. The van der Waals surface area contributed by atoms with Gasteiger partial charge in [-0.3, -0.25) is 4.79 Å². The van der Waals surface area contributed by atoms with Gasteiger partial charge in [0.1, 0.15) is 9.86 Å². The number of primary amides is 1. The Morgan fingerprint density at radius 3 is 2.83 bits per heavy atom. The number of ether oxygens (including phenoxy) is 1. The Morgan fingerprint density at radius 2 is 2.17 bits per heavy atom. The van der Waals surface area contributed by atoms with Crippen LogP contribution in [0.4, 0.5) is 0 Å².